The zero-order valence-electron chi connectivity index (χ0n) is 10.2. The highest BCUT2D eigenvalue weighted by molar-refractivity contribution is 9.10. The van der Waals surface area contributed by atoms with Gasteiger partial charge in [-0.15, -0.1) is 0 Å². The summed E-state index contributed by atoms with van der Waals surface area (Å²) in [6.45, 7) is 1.64. The van der Waals surface area contributed by atoms with E-state index in [4.69, 9.17) is 11.6 Å². The second kappa shape index (κ2) is 7.27. The number of alkyl halides is 1. The van der Waals surface area contributed by atoms with Gasteiger partial charge in [-0.05, 0) is 27.6 Å². The Morgan fingerprint density at radius 3 is 2.58 bits per heavy atom. The first-order valence-corrected chi connectivity index (χ1v) is 8.16. The molecule has 19 heavy (non-hydrogen) atoms. The summed E-state index contributed by atoms with van der Waals surface area (Å²) in [6.07, 6.45) is 1.77. The Morgan fingerprint density at radius 2 is 1.95 bits per heavy atom. The molecule has 100 valence electrons. The van der Waals surface area contributed by atoms with Gasteiger partial charge in [0, 0.05) is 29.1 Å². The van der Waals surface area contributed by atoms with Crippen LogP contribution in [-0.4, -0.2) is 16.9 Å². The summed E-state index contributed by atoms with van der Waals surface area (Å²) in [7, 11) is 0. The second-order valence-electron chi connectivity index (χ2n) is 4.06. The van der Waals surface area contributed by atoms with Crippen molar-refractivity contribution >= 4 is 49.3 Å². The number of aromatic nitrogens is 1. The molecule has 1 aromatic carbocycles. The van der Waals surface area contributed by atoms with Gasteiger partial charge in [-0.1, -0.05) is 57.9 Å². The minimum absolute atomic E-state index is 0.659. The van der Waals surface area contributed by atoms with Crippen LogP contribution in [0, 0.1) is 0 Å². The van der Waals surface area contributed by atoms with E-state index < -0.39 is 0 Å². The zero-order chi connectivity index (χ0) is 13.7. The quantitative estimate of drug-likeness (QED) is 0.659. The van der Waals surface area contributed by atoms with Crippen LogP contribution < -0.4 is 4.90 Å². The monoisotopic (exact) mass is 402 g/mol. The molecule has 2 aromatic rings. The maximum absolute atomic E-state index is 6.28. The van der Waals surface area contributed by atoms with Gasteiger partial charge < -0.3 is 4.90 Å². The van der Waals surface area contributed by atoms with Crippen LogP contribution in [0.5, 0.6) is 0 Å². The van der Waals surface area contributed by atoms with Crippen molar-refractivity contribution in [3.63, 3.8) is 0 Å². The van der Waals surface area contributed by atoms with Crippen LogP contribution in [0.1, 0.15) is 5.56 Å². The summed E-state index contributed by atoms with van der Waals surface area (Å²) in [6, 6.07) is 12.2. The Labute approximate surface area is 135 Å². The minimum atomic E-state index is 0.659. The number of benzene rings is 1. The average molecular weight is 405 g/mol. The average Bonchev–Trinajstić information content (AvgIpc) is 2.39. The van der Waals surface area contributed by atoms with Gasteiger partial charge >= 0.3 is 0 Å². The number of anilines is 1. The molecule has 0 atom stereocenters. The molecule has 0 spiro atoms. The number of halogens is 3. The molecular formula is C14H13Br2ClN2. The van der Waals surface area contributed by atoms with E-state index >= 15 is 0 Å². The molecule has 0 amide bonds. The van der Waals surface area contributed by atoms with E-state index in [9.17, 15) is 0 Å². The van der Waals surface area contributed by atoms with Crippen molar-refractivity contribution in [2.24, 2.45) is 0 Å². The van der Waals surface area contributed by atoms with E-state index in [0.29, 0.717) is 5.02 Å². The summed E-state index contributed by atoms with van der Waals surface area (Å²) in [5.74, 6) is 0.813. The number of hydrogen-bond acceptors (Lipinski definition) is 2. The first kappa shape index (κ1) is 14.8. The Morgan fingerprint density at radius 1 is 1.21 bits per heavy atom. The van der Waals surface area contributed by atoms with Gasteiger partial charge in [-0.2, -0.15) is 0 Å². The van der Waals surface area contributed by atoms with Gasteiger partial charge in [-0.3, -0.25) is 0 Å². The zero-order valence-corrected chi connectivity index (χ0v) is 14.1. The van der Waals surface area contributed by atoms with Crippen molar-refractivity contribution < 1.29 is 0 Å². The normalized spacial score (nSPS) is 10.5. The van der Waals surface area contributed by atoms with Crippen LogP contribution in [0.2, 0.25) is 5.02 Å². The van der Waals surface area contributed by atoms with Gasteiger partial charge in [-0.25, -0.2) is 4.98 Å². The molecule has 2 rings (SSSR count). The molecule has 1 aromatic heterocycles. The molecule has 0 saturated heterocycles. The molecule has 5 heteroatoms. The molecule has 1 heterocycles. The highest BCUT2D eigenvalue weighted by Gasteiger charge is 2.12. The third kappa shape index (κ3) is 4.20. The third-order valence-corrected chi connectivity index (χ3v) is 3.73. The van der Waals surface area contributed by atoms with Gasteiger partial charge in [0.05, 0.1) is 5.02 Å². The van der Waals surface area contributed by atoms with Crippen molar-refractivity contribution in [1.29, 1.82) is 0 Å². The maximum atomic E-state index is 6.28. The fourth-order valence-corrected chi connectivity index (χ4v) is 2.98. The molecule has 0 radical (unpaired) electrons. The Kier molecular flexibility index (Phi) is 5.67. The molecule has 0 N–H and O–H groups in total. The van der Waals surface area contributed by atoms with Gasteiger partial charge in [0.15, 0.2) is 0 Å². The molecule has 0 saturated carbocycles. The van der Waals surface area contributed by atoms with Crippen LogP contribution in [0.3, 0.4) is 0 Å². The fourth-order valence-electron chi connectivity index (χ4n) is 1.81. The second-order valence-corrected chi connectivity index (χ2v) is 6.17. The first-order valence-electron chi connectivity index (χ1n) is 5.86. The predicted octanol–water partition coefficient (Wildman–Crippen LogP) is 4.90. The summed E-state index contributed by atoms with van der Waals surface area (Å²) in [5.41, 5.74) is 1.24. The predicted molar refractivity (Wildman–Crippen MR) is 88.2 cm³/mol. The topological polar surface area (TPSA) is 16.1 Å². The van der Waals surface area contributed by atoms with E-state index in [1.54, 1.807) is 6.20 Å². The molecular weight excluding hydrogens is 391 g/mol. The number of nitrogens with zero attached hydrogens (tertiary/aromatic N) is 2. The van der Waals surface area contributed by atoms with Crippen LogP contribution in [-0.2, 0) is 6.54 Å². The molecule has 2 nitrogen and oxygen atoms in total. The first-order chi connectivity index (χ1) is 9.20. The summed E-state index contributed by atoms with van der Waals surface area (Å²) in [4.78, 5) is 6.58. The Hall–Kier alpha value is -0.580. The highest BCUT2D eigenvalue weighted by Crippen LogP contribution is 2.27. The van der Waals surface area contributed by atoms with E-state index in [2.05, 4.69) is 53.9 Å². The molecule has 0 bridgehead atoms. The van der Waals surface area contributed by atoms with Gasteiger partial charge in [0.25, 0.3) is 0 Å². The van der Waals surface area contributed by atoms with Gasteiger partial charge in [0.1, 0.15) is 5.82 Å². The molecule has 0 fully saturated rings. The van der Waals surface area contributed by atoms with E-state index in [-0.39, 0.29) is 0 Å². The van der Waals surface area contributed by atoms with Crippen molar-refractivity contribution in [2.75, 3.05) is 16.8 Å². The Balaban J connectivity index is 2.24. The maximum Gasteiger partial charge on any atom is 0.147 e. The Bertz CT molecular complexity index is 534. The lowest BCUT2D eigenvalue weighted by Gasteiger charge is -2.24. The minimum Gasteiger partial charge on any atom is -0.350 e. The number of hydrogen-bond donors (Lipinski definition) is 0. The van der Waals surface area contributed by atoms with Crippen molar-refractivity contribution in [3.05, 3.63) is 57.7 Å². The lowest BCUT2D eigenvalue weighted by atomic mass is 10.2. The van der Waals surface area contributed by atoms with Crippen molar-refractivity contribution in [2.45, 2.75) is 6.54 Å². The van der Waals surface area contributed by atoms with Gasteiger partial charge in [0.2, 0.25) is 0 Å². The lowest BCUT2D eigenvalue weighted by Crippen LogP contribution is -2.26. The van der Waals surface area contributed by atoms with Crippen LogP contribution in [0.4, 0.5) is 5.82 Å². The molecule has 0 aliphatic rings. The van der Waals surface area contributed by atoms with Crippen molar-refractivity contribution in [3.8, 4) is 0 Å². The molecule has 0 unspecified atom stereocenters. The number of pyridine rings is 1. The van der Waals surface area contributed by atoms with Crippen LogP contribution in [0.15, 0.2) is 47.1 Å². The van der Waals surface area contributed by atoms with E-state index in [1.165, 1.54) is 5.56 Å². The van der Waals surface area contributed by atoms with Crippen LogP contribution in [0.25, 0.3) is 0 Å². The van der Waals surface area contributed by atoms with E-state index in [0.717, 1.165) is 28.7 Å². The summed E-state index contributed by atoms with van der Waals surface area (Å²) in [5, 5.41) is 1.53. The standard InChI is InChI=1S/C14H13Br2ClN2/c15-6-7-19(10-11-4-2-1-3-5-11)14-13(17)8-12(16)9-18-14/h1-5,8-9H,6-7,10H2. The van der Waals surface area contributed by atoms with Crippen molar-refractivity contribution in [1.82, 2.24) is 4.98 Å². The highest BCUT2D eigenvalue weighted by atomic mass is 79.9. The fraction of sp³-hybridized carbons (Fsp3) is 0.214. The smallest absolute Gasteiger partial charge is 0.147 e. The SMILES string of the molecule is Clc1cc(Br)cnc1N(CCBr)Cc1ccccc1. The summed E-state index contributed by atoms with van der Waals surface area (Å²) < 4.78 is 0.889. The number of rotatable bonds is 5. The lowest BCUT2D eigenvalue weighted by molar-refractivity contribution is 0.821. The van der Waals surface area contributed by atoms with Crippen LogP contribution >= 0.6 is 43.5 Å². The summed E-state index contributed by atoms with van der Waals surface area (Å²) >= 11 is 13.1. The third-order valence-electron chi connectivity index (χ3n) is 2.66. The largest absolute Gasteiger partial charge is 0.350 e. The molecule has 0 aliphatic heterocycles. The molecule has 0 aliphatic carbocycles. The van der Waals surface area contributed by atoms with E-state index in [1.807, 2.05) is 24.3 Å².